The molecule has 0 N–H and O–H groups in total. The Labute approximate surface area is 114 Å². The van der Waals surface area contributed by atoms with Crippen molar-refractivity contribution in [2.24, 2.45) is 5.92 Å². The van der Waals surface area contributed by atoms with Crippen molar-refractivity contribution in [3.63, 3.8) is 0 Å². The minimum absolute atomic E-state index is 0.556. The fourth-order valence-corrected chi connectivity index (χ4v) is 2.71. The van der Waals surface area contributed by atoms with Gasteiger partial charge in [-0.3, -0.25) is 0 Å². The van der Waals surface area contributed by atoms with Gasteiger partial charge in [-0.2, -0.15) is 0 Å². The predicted octanol–water partition coefficient (Wildman–Crippen LogP) is 4.89. The maximum Gasteiger partial charge on any atom is 0.133 e. The molecule has 1 nitrogen and oxygen atoms in total. The molecule has 1 aromatic carbocycles. The third-order valence-corrected chi connectivity index (χ3v) is 3.69. The largest absolute Gasteiger partial charge is 0.496 e. The highest BCUT2D eigenvalue weighted by Crippen LogP contribution is 2.27. The summed E-state index contributed by atoms with van der Waals surface area (Å²) < 4.78 is 6.19. The lowest BCUT2D eigenvalue weighted by Crippen LogP contribution is -1.95. The minimum atomic E-state index is 0.556. The molecule has 16 heavy (non-hydrogen) atoms. The second-order valence-corrected chi connectivity index (χ2v) is 5.32. The molecule has 0 spiro atoms. The molecule has 0 aliphatic heterocycles. The normalized spacial score (nSPS) is 12.0. The summed E-state index contributed by atoms with van der Waals surface area (Å²) in [4.78, 5) is 0. The summed E-state index contributed by atoms with van der Waals surface area (Å²) in [5.41, 5.74) is 2.58. The van der Waals surface area contributed by atoms with Crippen LogP contribution in [0.4, 0.5) is 0 Å². The van der Waals surface area contributed by atoms with E-state index in [1.807, 2.05) is 6.07 Å². The van der Waals surface area contributed by atoms with Crippen molar-refractivity contribution < 1.29 is 4.74 Å². The van der Waals surface area contributed by atoms with E-state index in [9.17, 15) is 0 Å². The van der Waals surface area contributed by atoms with Gasteiger partial charge in [0, 0.05) is 5.33 Å². The third kappa shape index (κ3) is 3.63. The van der Waals surface area contributed by atoms with Gasteiger partial charge < -0.3 is 4.74 Å². The molecule has 0 fully saturated rings. The zero-order valence-corrected chi connectivity index (χ0v) is 12.9. The fraction of sp³-hybridized carbons (Fsp3) is 0.385. The van der Waals surface area contributed by atoms with E-state index >= 15 is 0 Å². The quantitative estimate of drug-likeness (QED) is 0.704. The van der Waals surface area contributed by atoms with Gasteiger partial charge in [-0.1, -0.05) is 47.5 Å². The first-order chi connectivity index (χ1) is 7.58. The van der Waals surface area contributed by atoms with Gasteiger partial charge in [0.1, 0.15) is 5.75 Å². The molecule has 0 unspecified atom stereocenters. The highest BCUT2D eigenvalue weighted by atomic mass is 79.9. The molecule has 0 bridgehead atoms. The lowest BCUT2D eigenvalue weighted by molar-refractivity contribution is 0.412. The number of rotatable bonds is 4. The van der Waals surface area contributed by atoms with Crippen LogP contribution < -0.4 is 4.74 Å². The number of hydrogen-bond donors (Lipinski definition) is 0. The van der Waals surface area contributed by atoms with Crippen LogP contribution in [0.25, 0.3) is 6.08 Å². The van der Waals surface area contributed by atoms with E-state index in [1.165, 1.54) is 11.1 Å². The van der Waals surface area contributed by atoms with Crippen LogP contribution in [0.3, 0.4) is 0 Å². The summed E-state index contributed by atoms with van der Waals surface area (Å²) in [6.45, 7) is 4.40. The summed E-state index contributed by atoms with van der Waals surface area (Å²) in [7, 11) is 1.67. The fourth-order valence-electron chi connectivity index (χ4n) is 1.35. The van der Waals surface area contributed by atoms with Crippen LogP contribution in [0.1, 0.15) is 19.4 Å². The van der Waals surface area contributed by atoms with Gasteiger partial charge in [0.25, 0.3) is 0 Å². The predicted molar refractivity (Wildman–Crippen MR) is 77.3 cm³/mol. The molecule has 1 aromatic rings. The smallest absolute Gasteiger partial charge is 0.133 e. The van der Waals surface area contributed by atoms with E-state index in [1.54, 1.807) is 7.11 Å². The molecular formula is C13H16Br2O. The number of methoxy groups -OCH3 is 1. The Bertz CT molecular complexity index is 384. The molecule has 1 rings (SSSR count). The summed E-state index contributed by atoms with van der Waals surface area (Å²) in [5.74, 6) is 1.42. The summed E-state index contributed by atoms with van der Waals surface area (Å²) in [5, 5.41) is 0.911. The SMILES string of the molecule is COc1ccc(C=C(CBr)C(C)C)cc1Br. The van der Waals surface area contributed by atoms with E-state index in [2.05, 4.69) is 63.9 Å². The Morgan fingerprint density at radius 2 is 2.12 bits per heavy atom. The van der Waals surface area contributed by atoms with Crippen molar-refractivity contribution in [1.82, 2.24) is 0 Å². The molecule has 0 radical (unpaired) electrons. The molecule has 0 amide bonds. The average Bonchev–Trinajstić information content (AvgIpc) is 2.25. The molecule has 0 atom stereocenters. The van der Waals surface area contributed by atoms with Gasteiger partial charge in [-0.05, 0) is 39.5 Å². The highest BCUT2D eigenvalue weighted by Gasteiger charge is 2.03. The second kappa shape index (κ2) is 6.45. The van der Waals surface area contributed by atoms with E-state index in [4.69, 9.17) is 4.74 Å². The van der Waals surface area contributed by atoms with Crippen LogP contribution in [0.15, 0.2) is 28.2 Å². The average molecular weight is 348 g/mol. The van der Waals surface area contributed by atoms with Crippen molar-refractivity contribution in [2.75, 3.05) is 12.4 Å². The standard InChI is InChI=1S/C13H16Br2O/c1-9(2)11(8-14)6-10-4-5-13(16-3)12(15)7-10/h4-7,9H,8H2,1-3H3. The summed E-state index contributed by atoms with van der Waals surface area (Å²) >= 11 is 7.01. The van der Waals surface area contributed by atoms with E-state index in [0.717, 1.165) is 15.6 Å². The zero-order chi connectivity index (χ0) is 12.1. The Balaban J connectivity index is 3.01. The molecule has 88 valence electrons. The molecule has 0 saturated carbocycles. The first kappa shape index (κ1) is 13.8. The van der Waals surface area contributed by atoms with Crippen molar-refractivity contribution in [3.05, 3.63) is 33.8 Å². The van der Waals surface area contributed by atoms with Gasteiger partial charge in [-0.25, -0.2) is 0 Å². The van der Waals surface area contributed by atoms with Gasteiger partial charge in [0.15, 0.2) is 0 Å². The van der Waals surface area contributed by atoms with Gasteiger partial charge >= 0.3 is 0 Å². The number of halogens is 2. The first-order valence-electron chi connectivity index (χ1n) is 5.18. The van der Waals surface area contributed by atoms with E-state index < -0.39 is 0 Å². The Morgan fingerprint density at radius 1 is 1.44 bits per heavy atom. The van der Waals surface area contributed by atoms with Gasteiger partial charge in [0.05, 0.1) is 11.6 Å². The number of allylic oxidation sites excluding steroid dienone is 1. The van der Waals surface area contributed by atoms with Crippen LogP contribution in [-0.2, 0) is 0 Å². The molecule has 0 aliphatic rings. The maximum absolute atomic E-state index is 5.20. The molecule has 0 saturated heterocycles. The first-order valence-corrected chi connectivity index (χ1v) is 7.10. The van der Waals surface area contributed by atoms with Crippen LogP contribution in [-0.4, -0.2) is 12.4 Å². The molecule has 3 heteroatoms. The van der Waals surface area contributed by atoms with Gasteiger partial charge in [0.2, 0.25) is 0 Å². The number of ether oxygens (including phenoxy) is 1. The lowest BCUT2D eigenvalue weighted by Gasteiger charge is -2.09. The molecule has 0 heterocycles. The van der Waals surface area contributed by atoms with Crippen molar-refractivity contribution >= 4 is 37.9 Å². The third-order valence-electron chi connectivity index (χ3n) is 2.42. The van der Waals surface area contributed by atoms with E-state index in [0.29, 0.717) is 5.92 Å². The van der Waals surface area contributed by atoms with Crippen molar-refractivity contribution in [3.8, 4) is 5.75 Å². The highest BCUT2D eigenvalue weighted by molar-refractivity contribution is 9.10. The zero-order valence-electron chi connectivity index (χ0n) is 9.76. The monoisotopic (exact) mass is 346 g/mol. The molecule has 0 aromatic heterocycles. The van der Waals surface area contributed by atoms with Crippen molar-refractivity contribution in [1.29, 1.82) is 0 Å². The Kier molecular flexibility index (Phi) is 5.56. The Morgan fingerprint density at radius 3 is 2.56 bits per heavy atom. The minimum Gasteiger partial charge on any atom is -0.496 e. The lowest BCUT2D eigenvalue weighted by atomic mass is 10.0. The summed E-state index contributed by atoms with van der Waals surface area (Å²) in [6, 6.07) is 6.11. The van der Waals surface area contributed by atoms with Crippen molar-refractivity contribution in [2.45, 2.75) is 13.8 Å². The Hall–Kier alpha value is -0.280. The van der Waals surface area contributed by atoms with E-state index in [-0.39, 0.29) is 0 Å². The van der Waals surface area contributed by atoms with Gasteiger partial charge in [-0.15, -0.1) is 0 Å². The summed E-state index contributed by atoms with van der Waals surface area (Å²) in [6.07, 6.45) is 2.21. The van der Waals surface area contributed by atoms with Crippen LogP contribution in [0, 0.1) is 5.92 Å². The number of hydrogen-bond acceptors (Lipinski definition) is 1. The number of alkyl halides is 1. The number of benzene rings is 1. The molecular weight excluding hydrogens is 332 g/mol. The molecule has 0 aliphatic carbocycles. The second-order valence-electron chi connectivity index (χ2n) is 3.90. The maximum atomic E-state index is 5.20. The topological polar surface area (TPSA) is 9.23 Å². The van der Waals surface area contributed by atoms with Crippen LogP contribution >= 0.6 is 31.9 Å². The van der Waals surface area contributed by atoms with Crippen LogP contribution in [0.5, 0.6) is 5.75 Å². The van der Waals surface area contributed by atoms with Crippen LogP contribution in [0.2, 0.25) is 0 Å².